The summed E-state index contributed by atoms with van der Waals surface area (Å²) < 4.78 is 19.5. The Morgan fingerprint density at radius 1 is 1.39 bits per heavy atom. The standard InChI is InChI=1S/C13H22FNO3/c1-11(2,3)18-10(17)15-7-6-12(14,9-16)8-13(15)4-5-13/h16H,4-9H2,1-3H3. The number of aliphatic hydroxyl groups is 1. The van der Waals surface area contributed by atoms with Gasteiger partial charge < -0.3 is 14.7 Å². The Balaban J connectivity index is 2.06. The molecule has 0 aromatic rings. The van der Waals surface area contributed by atoms with Gasteiger partial charge in [0.25, 0.3) is 0 Å². The minimum Gasteiger partial charge on any atom is -0.444 e. The fraction of sp³-hybridized carbons (Fsp3) is 0.923. The minimum atomic E-state index is -1.53. The molecular weight excluding hydrogens is 237 g/mol. The number of hydrogen-bond acceptors (Lipinski definition) is 3. The van der Waals surface area contributed by atoms with E-state index in [-0.39, 0.29) is 18.9 Å². The van der Waals surface area contributed by atoms with Gasteiger partial charge in [-0.05, 0) is 33.6 Å². The summed E-state index contributed by atoms with van der Waals surface area (Å²) >= 11 is 0. The number of amides is 1. The van der Waals surface area contributed by atoms with Gasteiger partial charge in [0, 0.05) is 24.9 Å². The first kappa shape index (κ1) is 13.6. The summed E-state index contributed by atoms with van der Waals surface area (Å²) in [6.07, 6.45) is 1.66. The van der Waals surface area contributed by atoms with Gasteiger partial charge in [-0.3, -0.25) is 0 Å². The van der Waals surface area contributed by atoms with E-state index in [2.05, 4.69) is 0 Å². The van der Waals surface area contributed by atoms with E-state index < -0.39 is 23.4 Å². The van der Waals surface area contributed by atoms with Gasteiger partial charge >= 0.3 is 6.09 Å². The van der Waals surface area contributed by atoms with Crippen LogP contribution in [0.4, 0.5) is 9.18 Å². The highest BCUT2D eigenvalue weighted by atomic mass is 19.1. The van der Waals surface area contributed by atoms with Crippen LogP contribution < -0.4 is 0 Å². The number of halogens is 1. The van der Waals surface area contributed by atoms with Crippen LogP contribution in [0.5, 0.6) is 0 Å². The van der Waals surface area contributed by atoms with Crippen LogP contribution in [-0.4, -0.2) is 46.1 Å². The molecule has 0 aromatic heterocycles. The zero-order chi connectivity index (χ0) is 13.6. The summed E-state index contributed by atoms with van der Waals surface area (Å²) in [5, 5.41) is 9.11. The number of piperidine rings is 1. The van der Waals surface area contributed by atoms with Crippen LogP contribution in [0.15, 0.2) is 0 Å². The number of likely N-dealkylation sites (tertiary alicyclic amines) is 1. The second kappa shape index (κ2) is 4.08. The summed E-state index contributed by atoms with van der Waals surface area (Å²) in [6.45, 7) is 5.33. The number of carbonyl (C=O) groups excluding carboxylic acids is 1. The van der Waals surface area contributed by atoms with Gasteiger partial charge in [-0.1, -0.05) is 0 Å². The number of ether oxygens (including phenoxy) is 1. The van der Waals surface area contributed by atoms with Crippen molar-refractivity contribution in [1.82, 2.24) is 4.90 Å². The molecule has 1 N–H and O–H groups in total. The Kier molecular flexibility index (Phi) is 3.08. The third-order valence-corrected chi connectivity index (χ3v) is 3.73. The highest BCUT2D eigenvalue weighted by Crippen LogP contribution is 2.52. The molecule has 2 aliphatic rings. The molecule has 1 saturated heterocycles. The number of alkyl halides is 1. The Hall–Kier alpha value is -0.840. The van der Waals surface area contributed by atoms with E-state index in [4.69, 9.17) is 9.84 Å². The van der Waals surface area contributed by atoms with Crippen molar-refractivity contribution in [2.24, 2.45) is 0 Å². The fourth-order valence-electron chi connectivity index (χ4n) is 2.65. The van der Waals surface area contributed by atoms with E-state index >= 15 is 0 Å². The van der Waals surface area contributed by atoms with Crippen molar-refractivity contribution in [3.8, 4) is 0 Å². The van der Waals surface area contributed by atoms with E-state index in [0.29, 0.717) is 6.54 Å². The third kappa shape index (κ3) is 2.60. The Labute approximate surface area is 107 Å². The normalized spacial score (nSPS) is 30.4. The van der Waals surface area contributed by atoms with Crippen molar-refractivity contribution < 1.29 is 19.0 Å². The summed E-state index contributed by atoms with van der Waals surface area (Å²) in [6, 6.07) is 0. The van der Waals surface area contributed by atoms with Crippen molar-refractivity contribution in [3.63, 3.8) is 0 Å². The molecular formula is C13H22FNO3. The predicted molar refractivity (Wildman–Crippen MR) is 65.1 cm³/mol. The van der Waals surface area contributed by atoms with Crippen LogP contribution in [0.2, 0.25) is 0 Å². The molecule has 0 bridgehead atoms. The first-order valence-corrected chi connectivity index (χ1v) is 6.50. The number of carbonyl (C=O) groups is 1. The van der Waals surface area contributed by atoms with Crippen LogP contribution in [-0.2, 0) is 4.74 Å². The van der Waals surface area contributed by atoms with E-state index in [1.807, 2.05) is 20.8 Å². The smallest absolute Gasteiger partial charge is 0.410 e. The van der Waals surface area contributed by atoms with Crippen molar-refractivity contribution in [1.29, 1.82) is 0 Å². The lowest BCUT2D eigenvalue weighted by Gasteiger charge is -2.42. The highest BCUT2D eigenvalue weighted by Gasteiger charge is 2.58. The van der Waals surface area contributed by atoms with Crippen LogP contribution in [0, 0.1) is 0 Å². The van der Waals surface area contributed by atoms with Crippen LogP contribution >= 0.6 is 0 Å². The first-order chi connectivity index (χ1) is 8.20. The molecule has 1 unspecified atom stereocenters. The number of nitrogens with zero attached hydrogens (tertiary/aromatic N) is 1. The van der Waals surface area contributed by atoms with Gasteiger partial charge in [-0.2, -0.15) is 0 Å². The summed E-state index contributed by atoms with van der Waals surface area (Å²) in [4.78, 5) is 13.7. The molecule has 0 radical (unpaired) electrons. The Morgan fingerprint density at radius 2 is 2.00 bits per heavy atom. The van der Waals surface area contributed by atoms with Gasteiger partial charge in [0.05, 0.1) is 6.61 Å². The molecule has 18 heavy (non-hydrogen) atoms. The number of rotatable bonds is 1. The van der Waals surface area contributed by atoms with E-state index in [1.54, 1.807) is 4.90 Å². The fourth-order valence-corrected chi connectivity index (χ4v) is 2.65. The van der Waals surface area contributed by atoms with Crippen molar-refractivity contribution in [3.05, 3.63) is 0 Å². The molecule has 1 heterocycles. The molecule has 104 valence electrons. The van der Waals surface area contributed by atoms with Crippen LogP contribution in [0.25, 0.3) is 0 Å². The molecule has 1 aliphatic carbocycles. The summed E-state index contributed by atoms with van der Waals surface area (Å²) in [7, 11) is 0. The molecule has 1 saturated carbocycles. The largest absolute Gasteiger partial charge is 0.444 e. The summed E-state index contributed by atoms with van der Waals surface area (Å²) in [5.74, 6) is 0. The average molecular weight is 259 g/mol. The zero-order valence-electron chi connectivity index (χ0n) is 11.3. The Bertz CT molecular complexity index is 349. The van der Waals surface area contributed by atoms with E-state index in [1.165, 1.54) is 0 Å². The third-order valence-electron chi connectivity index (χ3n) is 3.73. The maximum Gasteiger partial charge on any atom is 0.410 e. The van der Waals surface area contributed by atoms with Crippen molar-refractivity contribution >= 4 is 6.09 Å². The molecule has 0 aromatic carbocycles. The van der Waals surface area contributed by atoms with Gasteiger partial charge in [0.2, 0.25) is 0 Å². The monoisotopic (exact) mass is 259 g/mol. The molecule has 1 spiro atoms. The number of hydrogen-bond donors (Lipinski definition) is 1. The quantitative estimate of drug-likeness (QED) is 0.785. The van der Waals surface area contributed by atoms with Crippen molar-refractivity contribution in [2.75, 3.05) is 13.2 Å². The van der Waals surface area contributed by atoms with E-state index in [0.717, 1.165) is 12.8 Å². The van der Waals surface area contributed by atoms with Gasteiger partial charge in [0.1, 0.15) is 11.3 Å². The lowest BCUT2D eigenvalue weighted by atomic mass is 9.87. The molecule has 2 rings (SSSR count). The van der Waals surface area contributed by atoms with Crippen LogP contribution in [0.3, 0.4) is 0 Å². The molecule has 5 heteroatoms. The number of aliphatic hydroxyl groups excluding tert-OH is 1. The lowest BCUT2D eigenvalue weighted by Crippen LogP contribution is -2.55. The maximum atomic E-state index is 14.2. The second-order valence-corrected chi connectivity index (χ2v) is 6.59. The highest BCUT2D eigenvalue weighted by molar-refractivity contribution is 5.70. The van der Waals surface area contributed by atoms with Gasteiger partial charge in [-0.15, -0.1) is 0 Å². The first-order valence-electron chi connectivity index (χ1n) is 6.50. The molecule has 1 aliphatic heterocycles. The summed E-state index contributed by atoms with van der Waals surface area (Å²) in [5.41, 5.74) is -2.47. The zero-order valence-corrected chi connectivity index (χ0v) is 11.3. The second-order valence-electron chi connectivity index (χ2n) is 6.59. The molecule has 2 fully saturated rings. The van der Waals surface area contributed by atoms with Gasteiger partial charge in [0.15, 0.2) is 0 Å². The molecule has 1 amide bonds. The molecule has 4 nitrogen and oxygen atoms in total. The topological polar surface area (TPSA) is 49.8 Å². The average Bonchev–Trinajstić information content (AvgIpc) is 2.95. The maximum absolute atomic E-state index is 14.2. The molecule has 1 atom stereocenters. The predicted octanol–water partition coefficient (Wildman–Crippen LogP) is 2.25. The lowest BCUT2D eigenvalue weighted by molar-refractivity contribution is -0.0422. The van der Waals surface area contributed by atoms with Gasteiger partial charge in [-0.25, -0.2) is 9.18 Å². The minimum absolute atomic E-state index is 0.185. The van der Waals surface area contributed by atoms with Crippen LogP contribution in [0.1, 0.15) is 46.5 Å². The van der Waals surface area contributed by atoms with Crippen molar-refractivity contribution in [2.45, 2.75) is 63.3 Å². The SMILES string of the molecule is CC(C)(C)OC(=O)N1CCC(F)(CO)CC12CC2. The Morgan fingerprint density at radius 3 is 2.44 bits per heavy atom. The van der Waals surface area contributed by atoms with E-state index in [9.17, 15) is 9.18 Å².